The van der Waals surface area contributed by atoms with Gasteiger partial charge in [-0.25, -0.2) is 0 Å². The second-order valence-electron chi connectivity index (χ2n) is 4.47. The highest BCUT2D eigenvalue weighted by atomic mass is 79.9. The topological polar surface area (TPSA) is 77.8 Å². The zero-order valence-corrected chi connectivity index (χ0v) is 12.0. The maximum atomic E-state index is 11.4. The fourth-order valence-corrected chi connectivity index (χ4v) is 2.39. The Bertz CT molecular complexity index is 622. The molecule has 2 aromatic carbocycles. The number of phenolic OH excluding ortho intramolecular Hbond substituents is 2. The number of aliphatic carboxylic acids is 1. The van der Waals surface area contributed by atoms with E-state index < -0.39 is 11.9 Å². The molecular weight excluding hydrogens is 324 g/mol. The first-order valence-electron chi connectivity index (χ1n) is 5.96. The molecule has 0 spiro atoms. The number of carbonyl (C=O) groups is 1. The van der Waals surface area contributed by atoms with Crippen molar-refractivity contribution in [3.63, 3.8) is 0 Å². The summed E-state index contributed by atoms with van der Waals surface area (Å²) in [6, 6.07) is 11.1. The van der Waals surface area contributed by atoms with Crippen molar-refractivity contribution in [2.24, 2.45) is 0 Å². The smallest absolute Gasteiger partial charge is 0.311 e. The molecule has 0 fully saturated rings. The van der Waals surface area contributed by atoms with Crippen LogP contribution in [0.3, 0.4) is 0 Å². The van der Waals surface area contributed by atoms with Crippen LogP contribution in [0.15, 0.2) is 46.9 Å². The van der Waals surface area contributed by atoms with Gasteiger partial charge in [-0.2, -0.15) is 0 Å². The number of benzene rings is 2. The number of carboxylic acid groups (broad SMARTS) is 1. The Balaban J connectivity index is 2.27. The van der Waals surface area contributed by atoms with Gasteiger partial charge in [0.2, 0.25) is 0 Å². The fourth-order valence-electron chi connectivity index (χ4n) is 1.97. The van der Waals surface area contributed by atoms with E-state index in [1.54, 1.807) is 24.3 Å². The summed E-state index contributed by atoms with van der Waals surface area (Å²) in [5.41, 5.74) is 1.43. The summed E-state index contributed by atoms with van der Waals surface area (Å²) in [7, 11) is 0. The second kappa shape index (κ2) is 5.96. The van der Waals surface area contributed by atoms with Crippen molar-refractivity contribution in [3.05, 3.63) is 58.1 Å². The van der Waals surface area contributed by atoms with E-state index in [-0.39, 0.29) is 11.5 Å². The molecule has 0 bridgehead atoms. The van der Waals surface area contributed by atoms with Crippen LogP contribution in [-0.4, -0.2) is 21.3 Å². The normalized spacial score (nSPS) is 12.1. The molecule has 0 aromatic heterocycles. The number of halogens is 1. The third kappa shape index (κ3) is 3.30. The van der Waals surface area contributed by atoms with E-state index in [9.17, 15) is 20.1 Å². The molecule has 1 atom stereocenters. The average molecular weight is 337 g/mol. The lowest BCUT2D eigenvalue weighted by atomic mass is 9.92. The summed E-state index contributed by atoms with van der Waals surface area (Å²) >= 11 is 3.21. The van der Waals surface area contributed by atoms with Crippen LogP contribution in [0.2, 0.25) is 0 Å². The van der Waals surface area contributed by atoms with Gasteiger partial charge in [0.1, 0.15) is 11.5 Å². The highest BCUT2D eigenvalue weighted by Crippen LogP contribution is 2.28. The molecule has 0 aliphatic rings. The van der Waals surface area contributed by atoms with Crippen molar-refractivity contribution < 1.29 is 20.1 Å². The van der Waals surface area contributed by atoms with E-state index >= 15 is 0 Å². The van der Waals surface area contributed by atoms with E-state index in [4.69, 9.17) is 0 Å². The highest BCUT2D eigenvalue weighted by molar-refractivity contribution is 9.10. The summed E-state index contributed by atoms with van der Waals surface area (Å²) in [6.07, 6.45) is 0.305. The molecule has 0 amide bonds. The lowest BCUT2D eigenvalue weighted by Gasteiger charge is -2.13. The highest BCUT2D eigenvalue weighted by Gasteiger charge is 2.20. The van der Waals surface area contributed by atoms with Crippen molar-refractivity contribution in [3.8, 4) is 11.5 Å². The summed E-state index contributed by atoms with van der Waals surface area (Å²) < 4.78 is 0.532. The minimum Gasteiger partial charge on any atom is -0.508 e. The first-order valence-corrected chi connectivity index (χ1v) is 6.76. The summed E-state index contributed by atoms with van der Waals surface area (Å²) in [5, 5.41) is 28.1. The van der Waals surface area contributed by atoms with E-state index in [0.29, 0.717) is 16.5 Å². The van der Waals surface area contributed by atoms with Crippen molar-refractivity contribution in [1.82, 2.24) is 0 Å². The van der Waals surface area contributed by atoms with E-state index in [2.05, 4.69) is 15.9 Å². The number of aromatic hydroxyl groups is 2. The number of hydrogen-bond donors (Lipinski definition) is 3. The third-order valence-electron chi connectivity index (χ3n) is 3.05. The number of hydrogen-bond acceptors (Lipinski definition) is 3. The van der Waals surface area contributed by atoms with Gasteiger partial charge >= 0.3 is 5.97 Å². The van der Waals surface area contributed by atoms with Crippen LogP contribution in [0.5, 0.6) is 11.5 Å². The first-order chi connectivity index (χ1) is 9.47. The van der Waals surface area contributed by atoms with Gasteiger partial charge < -0.3 is 15.3 Å². The molecule has 0 aliphatic carbocycles. The van der Waals surface area contributed by atoms with Gasteiger partial charge in [0.25, 0.3) is 0 Å². The monoisotopic (exact) mass is 336 g/mol. The van der Waals surface area contributed by atoms with Gasteiger partial charge in [-0.15, -0.1) is 0 Å². The van der Waals surface area contributed by atoms with Gasteiger partial charge in [0.05, 0.1) is 10.4 Å². The fraction of sp³-hybridized carbons (Fsp3) is 0.133. The SMILES string of the molecule is O=C(O)C(Cc1ccc(O)c(Br)c1)c1ccc(O)cc1. The Morgan fingerprint density at radius 1 is 1.10 bits per heavy atom. The summed E-state index contributed by atoms with van der Waals surface area (Å²) in [5.74, 6) is -1.41. The maximum Gasteiger partial charge on any atom is 0.311 e. The molecule has 0 aliphatic heterocycles. The van der Waals surface area contributed by atoms with Gasteiger partial charge in [0, 0.05) is 0 Å². The van der Waals surface area contributed by atoms with Crippen LogP contribution in [0.1, 0.15) is 17.0 Å². The lowest BCUT2D eigenvalue weighted by Crippen LogP contribution is -2.14. The quantitative estimate of drug-likeness (QED) is 0.800. The van der Waals surface area contributed by atoms with Crippen molar-refractivity contribution in [2.45, 2.75) is 12.3 Å². The van der Waals surface area contributed by atoms with Crippen LogP contribution in [0.25, 0.3) is 0 Å². The van der Waals surface area contributed by atoms with Crippen molar-refractivity contribution in [2.75, 3.05) is 0 Å². The number of phenols is 2. The molecular formula is C15H13BrO4. The zero-order valence-electron chi connectivity index (χ0n) is 10.5. The first kappa shape index (κ1) is 14.4. The van der Waals surface area contributed by atoms with Crippen molar-refractivity contribution in [1.29, 1.82) is 0 Å². The molecule has 104 valence electrons. The standard InChI is InChI=1S/C15H13BrO4/c16-13-8-9(1-6-14(13)18)7-12(15(19)20)10-2-4-11(17)5-3-10/h1-6,8,12,17-18H,7H2,(H,19,20). The molecule has 2 aromatic rings. The summed E-state index contributed by atoms with van der Waals surface area (Å²) in [4.78, 5) is 11.4. The van der Waals surface area contributed by atoms with Gasteiger partial charge in [0.15, 0.2) is 0 Å². The maximum absolute atomic E-state index is 11.4. The molecule has 0 saturated heterocycles. The van der Waals surface area contributed by atoms with E-state index in [1.807, 2.05) is 0 Å². The average Bonchev–Trinajstić information content (AvgIpc) is 2.41. The lowest BCUT2D eigenvalue weighted by molar-refractivity contribution is -0.138. The summed E-state index contributed by atoms with van der Waals surface area (Å²) in [6.45, 7) is 0. The van der Waals surface area contributed by atoms with Crippen LogP contribution in [-0.2, 0) is 11.2 Å². The Morgan fingerprint density at radius 2 is 1.75 bits per heavy atom. The van der Waals surface area contributed by atoms with Gasteiger partial charge in [-0.1, -0.05) is 18.2 Å². The molecule has 0 heterocycles. The predicted molar refractivity (Wildman–Crippen MR) is 78.0 cm³/mol. The Kier molecular flexibility index (Phi) is 4.29. The minimum absolute atomic E-state index is 0.102. The Morgan fingerprint density at radius 3 is 2.30 bits per heavy atom. The molecule has 2 rings (SSSR count). The van der Waals surface area contributed by atoms with Crippen molar-refractivity contribution >= 4 is 21.9 Å². The second-order valence-corrected chi connectivity index (χ2v) is 5.33. The molecule has 1 unspecified atom stereocenters. The number of carboxylic acids is 1. The van der Waals surface area contributed by atoms with E-state index in [1.165, 1.54) is 18.2 Å². The molecule has 3 N–H and O–H groups in total. The Hall–Kier alpha value is -2.01. The third-order valence-corrected chi connectivity index (χ3v) is 3.68. The van der Waals surface area contributed by atoms with Gasteiger partial charge in [-0.3, -0.25) is 4.79 Å². The largest absolute Gasteiger partial charge is 0.508 e. The molecule has 5 heteroatoms. The predicted octanol–water partition coefficient (Wildman–Crippen LogP) is 3.27. The Labute approximate surface area is 124 Å². The van der Waals surface area contributed by atoms with E-state index in [0.717, 1.165) is 5.56 Å². The van der Waals surface area contributed by atoms with Crippen LogP contribution in [0, 0.1) is 0 Å². The molecule has 20 heavy (non-hydrogen) atoms. The van der Waals surface area contributed by atoms with Crippen LogP contribution >= 0.6 is 15.9 Å². The van der Waals surface area contributed by atoms with Gasteiger partial charge in [-0.05, 0) is 57.7 Å². The molecule has 0 saturated carbocycles. The minimum atomic E-state index is -0.931. The number of rotatable bonds is 4. The molecule has 0 radical (unpaired) electrons. The molecule has 4 nitrogen and oxygen atoms in total. The zero-order chi connectivity index (χ0) is 14.7. The van der Waals surface area contributed by atoms with Crippen LogP contribution in [0.4, 0.5) is 0 Å². The van der Waals surface area contributed by atoms with Crippen LogP contribution < -0.4 is 0 Å².